The first-order chi connectivity index (χ1) is 11.1. The maximum Gasteiger partial charge on any atom is 0.228 e. The van der Waals surface area contributed by atoms with Gasteiger partial charge in [-0.3, -0.25) is 4.79 Å². The van der Waals surface area contributed by atoms with Gasteiger partial charge in [0.15, 0.2) is 0 Å². The van der Waals surface area contributed by atoms with E-state index in [0.29, 0.717) is 25.0 Å². The molecule has 2 rings (SSSR count). The van der Waals surface area contributed by atoms with E-state index in [0.717, 1.165) is 38.0 Å². The van der Waals surface area contributed by atoms with Gasteiger partial charge in [0.2, 0.25) is 17.7 Å². The fraction of sp³-hybridized carbons (Fsp3) is 0.688. The summed E-state index contributed by atoms with van der Waals surface area (Å²) in [6.45, 7) is 4.83. The molecule has 1 saturated heterocycles. The molecule has 0 saturated carbocycles. The summed E-state index contributed by atoms with van der Waals surface area (Å²) in [6, 6.07) is 1.81. The molecule has 23 heavy (non-hydrogen) atoms. The van der Waals surface area contributed by atoms with Crippen LogP contribution in [-0.2, 0) is 9.53 Å². The molecule has 1 amide bonds. The number of ether oxygens (including phenoxy) is 2. The summed E-state index contributed by atoms with van der Waals surface area (Å²) in [4.78, 5) is 23.1. The minimum Gasteiger partial charge on any atom is -0.481 e. The topological polar surface area (TPSA) is 76.6 Å². The molecule has 7 heteroatoms. The zero-order chi connectivity index (χ0) is 16.7. The van der Waals surface area contributed by atoms with Gasteiger partial charge in [0, 0.05) is 51.0 Å². The third kappa shape index (κ3) is 5.06. The Kier molecular flexibility index (Phi) is 6.58. The fourth-order valence-corrected chi connectivity index (χ4v) is 2.68. The number of hydrogen-bond donors (Lipinski definition) is 1. The first-order valence-corrected chi connectivity index (χ1v) is 8.05. The number of methoxy groups -OCH3 is 2. The summed E-state index contributed by atoms with van der Waals surface area (Å²) in [5.74, 6) is 1.47. The van der Waals surface area contributed by atoms with Crippen molar-refractivity contribution in [3.05, 3.63) is 11.8 Å². The summed E-state index contributed by atoms with van der Waals surface area (Å²) in [5.41, 5.74) is 0.879. The number of amides is 1. The second kappa shape index (κ2) is 8.67. The van der Waals surface area contributed by atoms with Crippen molar-refractivity contribution in [2.45, 2.75) is 26.2 Å². The summed E-state index contributed by atoms with van der Waals surface area (Å²) in [7, 11) is 3.27. The lowest BCUT2D eigenvalue weighted by atomic mass is 9.96. The number of nitrogens with one attached hydrogen (secondary N) is 1. The predicted molar refractivity (Wildman–Crippen MR) is 87.8 cm³/mol. The van der Waals surface area contributed by atoms with E-state index in [-0.39, 0.29) is 11.8 Å². The van der Waals surface area contributed by atoms with Gasteiger partial charge in [-0.1, -0.05) is 0 Å². The Hall–Kier alpha value is -1.89. The van der Waals surface area contributed by atoms with E-state index >= 15 is 0 Å². The van der Waals surface area contributed by atoms with E-state index in [4.69, 9.17) is 9.47 Å². The molecule has 0 radical (unpaired) electrons. The average Bonchev–Trinajstić information content (AvgIpc) is 2.58. The monoisotopic (exact) mass is 322 g/mol. The van der Waals surface area contributed by atoms with Crippen LogP contribution in [0.3, 0.4) is 0 Å². The molecule has 1 aliphatic rings. The number of carbonyl (C=O) groups is 1. The van der Waals surface area contributed by atoms with Crippen LogP contribution in [-0.4, -0.2) is 56.3 Å². The first kappa shape index (κ1) is 17.5. The van der Waals surface area contributed by atoms with Crippen LogP contribution in [0.15, 0.2) is 6.07 Å². The van der Waals surface area contributed by atoms with Crippen molar-refractivity contribution in [3.8, 4) is 5.88 Å². The number of aromatic nitrogens is 2. The molecule has 128 valence electrons. The molecule has 2 heterocycles. The molecule has 0 spiro atoms. The van der Waals surface area contributed by atoms with E-state index in [1.807, 2.05) is 13.0 Å². The largest absolute Gasteiger partial charge is 0.481 e. The standard InChI is InChI=1S/C16H26N4O3/c1-12-11-14(23-3)19-16(18-12)20-8-5-13(6-9-20)15(21)17-7-4-10-22-2/h11,13H,4-10H2,1-3H3,(H,17,21). The lowest BCUT2D eigenvalue weighted by molar-refractivity contribution is -0.125. The van der Waals surface area contributed by atoms with Crippen LogP contribution in [0.5, 0.6) is 5.88 Å². The van der Waals surface area contributed by atoms with Crippen LogP contribution >= 0.6 is 0 Å². The number of anilines is 1. The normalized spacial score (nSPS) is 15.5. The van der Waals surface area contributed by atoms with E-state index < -0.39 is 0 Å². The number of rotatable bonds is 7. The molecule has 1 aromatic heterocycles. The number of aryl methyl sites for hydroxylation is 1. The highest BCUT2D eigenvalue weighted by Crippen LogP contribution is 2.22. The maximum absolute atomic E-state index is 12.1. The van der Waals surface area contributed by atoms with Crippen LogP contribution < -0.4 is 15.0 Å². The highest BCUT2D eigenvalue weighted by Gasteiger charge is 2.26. The van der Waals surface area contributed by atoms with E-state index in [1.54, 1.807) is 14.2 Å². The zero-order valence-electron chi connectivity index (χ0n) is 14.2. The molecule has 7 nitrogen and oxygen atoms in total. The number of piperidine rings is 1. The minimum absolute atomic E-state index is 0.0699. The Morgan fingerprint density at radius 1 is 1.35 bits per heavy atom. The Morgan fingerprint density at radius 2 is 2.09 bits per heavy atom. The summed E-state index contributed by atoms with van der Waals surface area (Å²) in [6.07, 6.45) is 2.48. The van der Waals surface area contributed by atoms with Crippen molar-refractivity contribution < 1.29 is 14.3 Å². The molecule has 0 aromatic carbocycles. The second-order valence-electron chi connectivity index (χ2n) is 5.75. The summed E-state index contributed by atoms with van der Waals surface area (Å²) < 4.78 is 10.2. The molecule has 1 aliphatic heterocycles. The molecular weight excluding hydrogens is 296 g/mol. The van der Waals surface area contributed by atoms with Crippen LogP contribution in [0.1, 0.15) is 25.0 Å². The lowest BCUT2D eigenvalue weighted by Crippen LogP contribution is -2.41. The quantitative estimate of drug-likeness (QED) is 0.759. The van der Waals surface area contributed by atoms with Gasteiger partial charge in [0.1, 0.15) is 0 Å². The molecule has 1 N–H and O–H groups in total. The van der Waals surface area contributed by atoms with Gasteiger partial charge in [-0.25, -0.2) is 4.98 Å². The van der Waals surface area contributed by atoms with E-state index in [9.17, 15) is 4.79 Å². The highest BCUT2D eigenvalue weighted by molar-refractivity contribution is 5.78. The average molecular weight is 322 g/mol. The van der Waals surface area contributed by atoms with Crippen LogP contribution in [0, 0.1) is 12.8 Å². The minimum atomic E-state index is 0.0699. The van der Waals surface area contributed by atoms with Crippen molar-refractivity contribution >= 4 is 11.9 Å². The molecule has 0 unspecified atom stereocenters. The van der Waals surface area contributed by atoms with Gasteiger partial charge in [-0.15, -0.1) is 0 Å². The molecular formula is C16H26N4O3. The first-order valence-electron chi connectivity index (χ1n) is 8.05. The highest BCUT2D eigenvalue weighted by atomic mass is 16.5. The van der Waals surface area contributed by atoms with E-state index in [2.05, 4.69) is 20.2 Å². The van der Waals surface area contributed by atoms with Crippen molar-refractivity contribution in [3.63, 3.8) is 0 Å². The molecule has 0 atom stereocenters. The Bertz CT molecular complexity index is 516. The molecule has 0 aliphatic carbocycles. The van der Waals surface area contributed by atoms with Crippen LogP contribution in [0.2, 0.25) is 0 Å². The van der Waals surface area contributed by atoms with Gasteiger partial charge in [0.05, 0.1) is 7.11 Å². The number of carbonyl (C=O) groups excluding carboxylic acids is 1. The van der Waals surface area contributed by atoms with Gasteiger partial charge in [0.25, 0.3) is 0 Å². The van der Waals surface area contributed by atoms with Gasteiger partial charge in [-0.2, -0.15) is 4.98 Å². The Labute approximate surface area is 137 Å². The zero-order valence-corrected chi connectivity index (χ0v) is 14.2. The SMILES string of the molecule is COCCCNC(=O)C1CCN(c2nc(C)cc(OC)n2)CC1. The molecule has 0 bridgehead atoms. The lowest BCUT2D eigenvalue weighted by Gasteiger charge is -2.31. The predicted octanol–water partition coefficient (Wildman–Crippen LogP) is 1.16. The van der Waals surface area contributed by atoms with Gasteiger partial charge >= 0.3 is 0 Å². The van der Waals surface area contributed by atoms with Crippen LogP contribution in [0.4, 0.5) is 5.95 Å². The van der Waals surface area contributed by atoms with Crippen molar-refractivity contribution in [2.24, 2.45) is 5.92 Å². The fourth-order valence-electron chi connectivity index (χ4n) is 2.68. The molecule has 1 fully saturated rings. The number of nitrogens with zero attached hydrogens (tertiary/aromatic N) is 3. The Balaban J connectivity index is 1.83. The maximum atomic E-state index is 12.1. The molecule has 1 aromatic rings. The van der Waals surface area contributed by atoms with Crippen LogP contribution in [0.25, 0.3) is 0 Å². The third-order valence-electron chi connectivity index (χ3n) is 4.00. The smallest absolute Gasteiger partial charge is 0.228 e. The second-order valence-corrected chi connectivity index (χ2v) is 5.75. The third-order valence-corrected chi connectivity index (χ3v) is 4.00. The van der Waals surface area contributed by atoms with E-state index in [1.165, 1.54) is 0 Å². The van der Waals surface area contributed by atoms with Crippen molar-refractivity contribution in [1.29, 1.82) is 0 Å². The van der Waals surface area contributed by atoms with Gasteiger partial charge in [-0.05, 0) is 26.2 Å². The summed E-state index contributed by atoms with van der Waals surface area (Å²) in [5, 5.41) is 2.98. The van der Waals surface area contributed by atoms with Gasteiger partial charge < -0.3 is 19.7 Å². The summed E-state index contributed by atoms with van der Waals surface area (Å²) >= 11 is 0. The van der Waals surface area contributed by atoms with Crippen molar-refractivity contribution in [2.75, 3.05) is 45.4 Å². The van der Waals surface area contributed by atoms with Crippen molar-refractivity contribution in [1.82, 2.24) is 15.3 Å². The number of hydrogen-bond acceptors (Lipinski definition) is 6. The Morgan fingerprint density at radius 3 is 2.74 bits per heavy atom.